The largest absolute Gasteiger partial charge is 0.582 e. The van der Waals surface area contributed by atoms with Crippen molar-refractivity contribution in [3.05, 3.63) is 28.9 Å². The molecule has 0 spiro atoms. The molecule has 2 unspecified atom stereocenters. The lowest BCUT2D eigenvalue weighted by Crippen LogP contribution is -2.32. The summed E-state index contributed by atoms with van der Waals surface area (Å²) in [5.41, 5.74) is 11.0. The van der Waals surface area contributed by atoms with Crippen molar-refractivity contribution in [1.29, 1.82) is 0 Å². The molecule has 2 fully saturated rings. The first-order chi connectivity index (χ1) is 21.0. The summed E-state index contributed by atoms with van der Waals surface area (Å²) in [6.45, 7) is -5.13. The predicted molar refractivity (Wildman–Crippen MR) is 156 cm³/mol. The van der Waals surface area contributed by atoms with Crippen molar-refractivity contribution in [2.24, 2.45) is 0 Å². The van der Waals surface area contributed by atoms with E-state index in [1.54, 1.807) is 6.07 Å². The Morgan fingerprint density at radius 2 is 2.09 bits per heavy atom. The predicted octanol–water partition coefficient (Wildman–Crippen LogP) is 0.230. The van der Waals surface area contributed by atoms with Crippen LogP contribution in [0.2, 0.25) is 0 Å². The Labute approximate surface area is 256 Å². The lowest BCUT2D eigenvalue weighted by atomic mass is 10.1. The van der Waals surface area contributed by atoms with Gasteiger partial charge in [0.1, 0.15) is 42.2 Å². The van der Waals surface area contributed by atoms with E-state index in [9.17, 15) is 19.4 Å². The monoisotopic (exact) mass is 693 g/mol. The molecule has 4 aromatic rings. The van der Waals surface area contributed by atoms with Crippen LogP contribution in [0.1, 0.15) is 18.9 Å². The number of rotatable bonds is 10. The number of thiol groups is 1. The number of ether oxygens (including phenoxy) is 2. The fraction of sp³-hybridized carbons (Fsp3) is 0.500. The Bertz CT molecular complexity index is 1830. The van der Waals surface area contributed by atoms with Crippen molar-refractivity contribution in [2.75, 3.05) is 24.7 Å². The van der Waals surface area contributed by atoms with Gasteiger partial charge < -0.3 is 44.6 Å². The summed E-state index contributed by atoms with van der Waals surface area (Å²) < 4.78 is 58.2. The van der Waals surface area contributed by atoms with Gasteiger partial charge in [-0.2, -0.15) is 9.67 Å². The van der Waals surface area contributed by atoms with Crippen LogP contribution in [0, 0.1) is 0 Å². The first-order valence-corrected chi connectivity index (χ1v) is 17.6. The molecule has 44 heavy (non-hydrogen) atoms. The normalized spacial score (nSPS) is 29.0. The van der Waals surface area contributed by atoms with Crippen LogP contribution in [0.3, 0.4) is 0 Å². The number of H-pyrrole nitrogens is 1. The van der Waals surface area contributed by atoms with Gasteiger partial charge in [-0.25, -0.2) is 14.4 Å². The van der Waals surface area contributed by atoms with Gasteiger partial charge in [-0.1, -0.05) is 5.21 Å². The van der Waals surface area contributed by atoms with Crippen LogP contribution in [0.25, 0.3) is 22.2 Å². The summed E-state index contributed by atoms with van der Waals surface area (Å²) >= 11 is 8.96. The van der Waals surface area contributed by atoms with E-state index in [0.29, 0.717) is 5.39 Å². The number of nitrogens with two attached hydrogens (primary N) is 2. The highest BCUT2D eigenvalue weighted by Gasteiger charge is 2.52. The molecule has 6 heterocycles. The standard InChI is InChI=1S/C20H23FN10O9P2S2/c21-11-13(39-41(34)43)10(38-19(11)30-2-1-8-14(22)24-6-25-15(8)30)5-36-42(35,44)40-9-3-7(4-32)37-18(9)31-16-12(28-29-31)17(33)27-20(23)26-16/h1-2,6-7,9-11,13,18-19,32H,3-5H2,(H6-,22,23,24,25,26,27,29,33,34,35,43,44)/p+1/t7-,9+,10+,11-,13+,18+,19+,42?/m0/s1. The minimum Gasteiger partial charge on any atom is -0.394 e. The lowest BCUT2D eigenvalue weighted by molar-refractivity contribution is -0.0585. The second kappa shape index (κ2) is 12.2. The zero-order valence-corrected chi connectivity index (χ0v) is 25.6. The van der Waals surface area contributed by atoms with Gasteiger partial charge in [0.05, 0.1) is 24.7 Å². The number of hydrogen-bond donors (Lipinski definition) is 6. The summed E-state index contributed by atoms with van der Waals surface area (Å²) in [6.07, 6.45) is -6.18. The van der Waals surface area contributed by atoms with Crippen LogP contribution < -0.4 is 17.0 Å². The minimum atomic E-state index is -4.15. The SMILES string of the molecule is Nc1nc2c(nnn2[C@@H]2O[C@H](CO)C[C@H]2OP(O)(=S)OC[C@H]2O[C@@H](n3ccc4c(N)ncnc43)[C@@H](F)[C@@H]2O[P+](=O)S)c(=O)[nH]1. The lowest BCUT2D eigenvalue weighted by Gasteiger charge is -2.25. The Hall–Kier alpha value is -2.75. The maximum absolute atomic E-state index is 15.7. The number of nitrogens with one attached hydrogen (secondary N) is 1. The van der Waals surface area contributed by atoms with Crippen LogP contribution in [0.15, 0.2) is 23.4 Å². The molecular formula is C20H24FN10O9P2S2+. The molecule has 0 amide bonds. The van der Waals surface area contributed by atoms with Gasteiger partial charge in [0.15, 0.2) is 35.9 Å². The van der Waals surface area contributed by atoms with Gasteiger partial charge in [-0.15, -0.1) is 9.62 Å². The quantitative estimate of drug-likeness (QED) is 0.0959. The smallest absolute Gasteiger partial charge is 0.394 e. The topological polar surface area (TPSA) is 263 Å². The third kappa shape index (κ3) is 5.95. The van der Waals surface area contributed by atoms with Gasteiger partial charge in [0.2, 0.25) is 5.95 Å². The highest BCUT2D eigenvalue weighted by atomic mass is 32.7. The van der Waals surface area contributed by atoms with Crippen molar-refractivity contribution in [2.45, 2.75) is 49.5 Å². The number of aromatic amines is 1. The maximum Gasteiger partial charge on any atom is 0.582 e. The summed E-state index contributed by atoms with van der Waals surface area (Å²) in [5, 5.41) is 17.9. The zero-order valence-electron chi connectivity index (χ0n) is 22.1. The number of fused-ring (bicyclic) bond motifs is 2. The number of alkyl halides is 1. The van der Waals surface area contributed by atoms with Gasteiger partial charge >= 0.3 is 13.9 Å². The molecular weight excluding hydrogens is 669 g/mol. The van der Waals surface area contributed by atoms with E-state index < -0.39 is 75.8 Å². The molecule has 0 aromatic carbocycles. The third-order valence-electron chi connectivity index (χ3n) is 6.91. The van der Waals surface area contributed by atoms with Gasteiger partial charge in [0.25, 0.3) is 5.56 Å². The first kappa shape index (κ1) is 31.2. The van der Waals surface area contributed by atoms with Gasteiger partial charge in [-0.05, 0) is 22.4 Å². The van der Waals surface area contributed by atoms with Crippen LogP contribution in [0.5, 0.6) is 0 Å². The first-order valence-electron chi connectivity index (χ1n) is 12.7. The van der Waals surface area contributed by atoms with Crippen LogP contribution in [-0.4, -0.2) is 93.3 Å². The van der Waals surface area contributed by atoms with Crippen LogP contribution in [0.4, 0.5) is 16.2 Å². The van der Waals surface area contributed by atoms with E-state index in [2.05, 4.69) is 42.5 Å². The average Bonchev–Trinajstić information content (AvgIpc) is 3.73. The van der Waals surface area contributed by atoms with Gasteiger partial charge in [-0.3, -0.25) is 9.78 Å². The number of aromatic nitrogens is 8. The van der Waals surface area contributed by atoms with E-state index in [-0.39, 0.29) is 35.0 Å². The number of aliphatic hydroxyl groups is 1. The highest BCUT2D eigenvalue weighted by Crippen LogP contribution is 2.51. The Kier molecular flexibility index (Phi) is 8.67. The second-order valence-corrected chi connectivity index (χ2v) is 14.1. The molecule has 7 N–H and O–H groups in total. The van der Waals surface area contributed by atoms with E-state index >= 15 is 4.39 Å². The molecule has 6 rings (SSSR count). The van der Waals surface area contributed by atoms with E-state index in [1.807, 2.05) is 0 Å². The second-order valence-electron chi connectivity index (χ2n) is 9.67. The van der Waals surface area contributed by atoms with E-state index in [1.165, 1.54) is 17.1 Å². The molecule has 9 atom stereocenters. The van der Waals surface area contributed by atoms with E-state index in [4.69, 9.17) is 46.3 Å². The van der Waals surface area contributed by atoms with E-state index in [0.717, 1.165) is 4.68 Å². The maximum atomic E-state index is 15.7. The van der Waals surface area contributed by atoms with Crippen LogP contribution >= 0.6 is 26.2 Å². The minimum absolute atomic E-state index is 0.0234. The molecule has 0 radical (unpaired) electrons. The number of nitrogens with zero attached hydrogens (tertiary/aromatic N) is 7. The average molecular weight is 694 g/mol. The zero-order chi connectivity index (χ0) is 31.3. The van der Waals surface area contributed by atoms with Gasteiger partial charge in [0, 0.05) is 12.6 Å². The molecule has 4 aromatic heterocycles. The number of anilines is 2. The molecule has 24 heteroatoms. The number of nitrogen functional groups attached to an aromatic ring is 2. The fourth-order valence-corrected chi connectivity index (χ4v) is 7.25. The highest BCUT2D eigenvalue weighted by molar-refractivity contribution is 8.39. The summed E-state index contributed by atoms with van der Waals surface area (Å²) in [7, 11) is -2.58. The Balaban J connectivity index is 1.20. The Morgan fingerprint density at radius 1 is 1.30 bits per heavy atom. The number of halogens is 1. The Morgan fingerprint density at radius 3 is 2.84 bits per heavy atom. The molecule has 0 bridgehead atoms. The van der Waals surface area contributed by atoms with Crippen molar-refractivity contribution >= 4 is 72.0 Å². The summed E-state index contributed by atoms with van der Waals surface area (Å²) in [6, 6.07) is 1.58. The van der Waals surface area contributed by atoms with Crippen molar-refractivity contribution in [3.8, 4) is 0 Å². The van der Waals surface area contributed by atoms with Crippen molar-refractivity contribution in [3.63, 3.8) is 0 Å². The molecule has 2 saturated heterocycles. The molecule has 0 aliphatic carbocycles. The molecule has 19 nitrogen and oxygen atoms in total. The number of hydrogen-bond acceptors (Lipinski definition) is 16. The van der Waals surface area contributed by atoms with Crippen LogP contribution in [-0.2, 0) is 39.4 Å². The molecule has 2 aliphatic heterocycles. The molecule has 236 valence electrons. The molecule has 0 saturated carbocycles. The van der Waals surface area contributed by atoms with Crippen molar-refractivity contribution in [1.82, 2.24) is 39.5 Å². The van der Waals surface area contributed by atoms with Crippen molar-refractivity contribution < 1.29 is 42.0 Å². The summed E-state index contributed by atoms with van der Waals surface area (Å²) in [4.78, 5) is 37.6. The number of aliphatic hydroxyl groups excluding tert-OH is 1. The summed E-state index contributed by atoms with van der Waals surface area (Å²) in [5.74, 6) is -0.0330. The fourth-order valence-electron chi connectivity index (χ4n) is 5.02. The third-order valence-corrected chi connectivity index (χ3v) is 9.20. The molecule has 2 aliphatic rings.